The molecule has 0 aliphatic carbocycles. The molecule has 1 aliphatic heterocycles. The molecule has 0 saturated carbocycles. The van der Waals surface area contributed by atoms with E-state index in [0.29, 0.717) is 19.6 Å². The first kappa shape index (κ1) is 20.6. The van der Waals surface area contributed by atoms with E-state index in [1.807, 2.05) is 0 Å². The Balaban J connectivity index is 0.00000400. The molecule has 1 aliphatic rings. The average Bonchev–Trinajstić information content (AvgIpc) is 2.35. The van der Waals surface area contributed by atoms with Crippen molar-refractivity contribution >= 4 is 18.3 Å². The van der Waals surface area contributed by atoms with Gasteiger partial charge in [0.1, 0.15) is 0 Å². The normalized spacial score (nSPS) is 19.5. The van der Waals surface area contributed by atoms with Gasteiger partial charge in [-0.25, -0.2) is 0 Å². The smallest absolute Gasteiger partial charge is 0.228 e. The summed E-state index contributed by atoms with van der Waals surface area (Å²) >= 11 is 0. The predicted octanol–water partition coefficient (Wildman–Crippen LogP) is 1.34. The van der Waals surface area contributed by atoms with E-state index in [2.05, 4.69) is 31.4 Å². The van der Waals surface area contributed by atoms with Gasteiger partial charge < -0.3 is 20.5 Å². The monoisotopic (exact) mass is 322 g/mol. The third-order valence-electron chi connectivity index (χ3n) is 3.81. The third-order valence-corrected chi connectivity index (χ3v) is 3.81. The summed E-state index contributed by atoms with van der Waals surface area (Å²) in [4.78, 5) is 12.5. The van der Waals surface area contributed by atoms with Crippen LogP contribution in [0.2, 0.25) is 0 Å². The van der Waals surface area contributed by atoms with Crippen LogP contribution in [0.25, 0.3) is 0 Å². The van der Waals surface area contributed by atoms with Gasteiger partial charge in [-0.3, -0.25) is 4.79 Å². The van der Waals surface area contributed by atoms with Crippen molar-refractivity contribution in [2.24, 2.45) is 10.8 Å². The van der Waals surface area contributed by atoms with Crippen molar-refractivity contribution in [3.8, 4) is 0 Å². The number of ether oxygens (including phenoxy) is 1. The zero-order valence-electron chi connectivity index (χ0n) is 13.7. The number of aliphatic hydroxyl groups excluding tert-OH is 1. The van der Waals surface area contributed by atoms with E-state index in [0.717, 1.165) is 25.9 Å². The first-order valence-electron chi connectivity index (χ1n) is 7.45. The van der Waals surface area contributed by atoms with Gasteiger partial charge in [0.05, 0.1) is 18.1 Å². The van der Waals surface area contributed by atoms with E-state index in [1.54, 1.807) is 7.11 Å². The van der Waals surface area contributed by atoms with Crippen LogP contribution in [0.3, 0.4) is 0 Å². The van der Waals surface area contributed by atoms with Crippen molar-refractivity contribution in [2.75, 3.05) is 33.4 Å². The molecule has 0 aromatic heterocycles. The first-order valence-corrected chi connectivity index (χ1v) is 7.45. The zero-order chi connectivity index (χ0) is 15.2. The Bertz CT molecular complexity index is 307. The maximum atomic E-state index is 12.5. The molecule has 0 bridgehead atoms. The molecule has 0 aromatic carbocycles. The summed E-state index contributed by atoms with van der Waals surface area (Å²) < 4.78 is 5.24. The number of carbonyl (C=O) groups excluding carboxylic acids is 1. The largest absolute Gasteiger partial charge is 0.391 e. The molecular weight excluding hydrogens is 292 g/mol. The lowest BCUT2D eigenvalue weighted by atomic mass is 9.78. The van der Waals surface area contributed by atoms with Crippen LogP contribution < -0.4 is 10.6 Å². The van der Waals surface area contributed by atoms with Crippen molar-refractivity contribution in [1.29, 1.82) is 0 Å². The highest BCUT2D eigenvalue weighted by atomic mass is 35.5. The maximum Gasteiger partial charge on any atom is 0.228 e. The highest BCUT2D eigenvalue weighted by Crippen LogP contribution is 2.29. The highest BCUT2D eigenvalue weighted by Gasteiger charge is 2.39. The van der Waals surface area contributed by atoms with Crippen LogP contribution in [0.1, 0.15) is 40.0 Å². The summed E-state index contributed by atoms with van der Waals surface area (Å²) in [5.74, 6) is 0.00816. The number of carbonyl (C=O) groups is 1. The average molecular weight is 323 g/mol. The Hall–Kier alpha value is -0.360. The van der Waals surface area contributed by atoms with Gasteiger partial charge in [0, 0.05) is 13.7 Å². The molecular formula is C15H31ClN2O3. The Morgan fingerprint density at radius 3 is 2.43 bits per heavy atom. The van der Waals surface area contributed by atoms with E-state index in [1.165, 1.54) is 0 Å². The summed E-state index contributed by atoms with van der Waals surface area (Å²) in [6.45, 7) is 8.67. The van der Waals surface area contributed by atoms with Gasteiger partial charge in [-0.05, 0) is 37.8 Å². The molecule has 3 N–H and O–H groups in total. The van der Waals surface area contributed by atoms with Crippen LogP contribution in [-0.4, -0.2) is 50.5 Å². The fraction of sp³-hybridized carbons (Fsp3) is 0.933. The molecule has 1 saturated heterocycles. The summed E-state index contributed by atoms with van der Waals surface area (Å²) in [5, 5.41) is 16.2. The highest BCUT2D eigenvalue weighted by molar-refractivity contribution is 5.85. The van der Waals surface area contributed by atoms with Gasteiger partial charge in [0.25, 0.3) is 0 Å². The summed E-state index contributed by atoms with van der Waals surface area (Å²) in [6.07, 6.45) is 1.73. The molecule has 1 amide bonds. The van der Waals surface area contributed by atoms with Gasteiger partial charge in [0.2, 0.25) is 5.91 Å². The van der Waals surface area contributed by atoms with Gasteiger partial charge in [-0.2, -0.15) is 0 Å². The number of halogens is 1. The second-order valence-electron chi connectivity index (χ2n) is 7.09. The van der Waals surface area contributed by atoms with Gasteiger partial charge in [-0.15, -0.1) is 12.4 Å². The van der Waals surface area contributed by atoms with Crippen LogP contribution in [0.5, 0.6) is 0 Å². The summed E-state index contributed by atoms with van der Waals surface area (Å²) in [6, 6.07) is 0. The third kappa shape index (κ3) is 6.96. The molecule has 0 aromatic rings. The molecule has 0 radical (unpaired) electrons. The Morgan fingerprint density at radius 2 is 1.95 bits per heavy atom. The predicted molar refractivity (Wildman–Crippen MR) is 86.7 cm³/mol. The van der Waals surface area contributed by atoms with Crippen LogP contribution in [0.4, 0.5) is 0 Å². The van der Waals surface area contributed by atoms with Crippen LogP contribution in [0.15, 0.2) is 0 Å². The van der Waals surface area contributed by atoms with Gasteiger partial charge >= 0.3 is 0 Å². The van der Waals surface area contributed by atoms with Gasteiger partial charge in [0.15, 0.2) is 0 Å². The number of aliphatic hydroxyl groups is 1. The Kier molecular flexibility index (Phi) is 8.78. The van der Waals surface area contributed by atoms with E-state index in [9.17, 15) is 9.90 Å². The van der Waals surface area contributed by atoms with Crippen molar-refractivity contribution in [3.63, 3.8) is 0 Å². The molecule has 6 heteroatoms. The Labute approximate surface area is 134 Å². The number of hydrogen-bond acceptors (Lipinski definition) is 4. The van der Waals surface area contributed by atoms with Gasteiger partial charge in [-0.1, -0.05) is 20.8 Å². The molecule has 1 fully saturated rings. The van der Waals surface area contributed by atoms with E-state index >= 15 is 0 Å². The molecule has 5 nitrogen and oxygen atoms in total. The molecule has 1 unspecified atom stereocenters. The SMILES string of the molecule is COCC1(C(=O)NCC(O)CC(C)(C)C)CCNCC1.Cl. The number of rotatable bonds is 6. The number of hydrogen-bond donors (Lipinski definition) is 3. The Morgan fingerprint density at radius 1 is 1.38 bits per heavy atom. The zero-order valence-corrected chi connectivity index (χ0v) is 14.5. The lowest BCUT2D eigenvalue weighted by Gasteiger charge is -2.36. The minimum Gasteiger partial charge on any atom is -0.391 e. The van der Waals surface area contributed by atoms with Crippen LogP contribution in [0, 0.1) is 10.8 Å². The fourth-order valence-corrected chi connectivity index (χ4v) is 2.80. The van der Waals surface area contributed by atoms with Crippen molar-refractivity contribution < 1.29 is 14.6 Å². The molecule has 1 rings (SSSR count). The fourth-order valence-electron chi connectivity index (χ4n) is 2.80. The number of methoxy groups -OCH3 is 1. The topological polar surface area (TPSA) is 70.6 Å². The first-order chi connectivity index (χ1) is 9.29. The van der Waals surface area contributed by atoms with E-state index in [4.69, 9.17) is 4.74 Å². The van der Waals surface area contributed by atoms with Crippen molar-refractivity contribution in [3.05, 3.63) is 0 Å². The number of amides is 1. The minimum atomic E-state index is -0.500. The summed E-state index contributed by atoms with van der Waals surface area (Å²) in [7, 11) is 1.63. The molecule has 1 atom stereocenters. The molecule has 0 spiro atoms. The molecule has 21 heavy (non-hydrogen) atoms. The van der Waals surface area contributed by atoms with E-state index in [-0.39, 0.29) is 23.7 Å². The molecule has 126 valence electrons. The second-order valence-corrected chi connectivity index (χ2v) is 7.09. The summed E-state index contributed by atoms with van der Waals surface area (Å²) in [5.41, 5.74) is -0.384. The maximum absolute atomic E-state index is 12.5. The number of nitrogens with one attached hydrogen (secondary N) is 2. The van der Waals surface area contributed by atoms with Crippen LogP contribution >= 0.6 is 12.4 Å². The van der Waals surface area contributed by atoms with Crippen LogP contribution in [-0.2, 0) is 9.53 Å². The standard InChI is InChI=1S/C15H30N2O3.ClH/c1-14(2,3)9-12(18)10-17-13(19)15(11-20-4)5-7-16-8-6-15;/h12,16,18H,5-11H2,1-4H3,(H,17,19);1H. The quantitative estimate of drug-likeness (QED) is 0.690. The van der Waals surface area contributed by atoms with Crippen molar-refractivity contribution in [2.45, 2.75) is 46.1 Å². The second kappa shape index (κ2) is 8.93. The number of piperidine rings is 1. The lowest BCUT2D eigenvalue weighted by molar-refractivity contribution is -0.136. The van der Waals surface area contributed by atoms with Crippen molar-refractivity contribution in [1.82, 2.24) is 10.6 Å². The minimum absolute atomic E-state index is 0. The van der Waals surface area contributed by atoms with E-state index < -0.39 is 11.5 Å². The molecule has 1 heterocycles. The lowest BCUT2D eigenvalue weighted by Crippen LogP contribution is -2.51.